The quantitative estimate of drug-likeness (QED) is 0.848. The fraction of sp³-hybridized carbons (Fsp3) is 0.0667. The van der Waals surface area contributed by atoms with Crippen LogP contribution in [0.4, 0.5) is 10.1 Å². The fourth-order valence-corrected chi connectivity index (χ4v) is 2.40. The molecule has 0 atom stereocenters. The molecule has 0 aliphatic rings. The molecule has 2 aromatic rings. The third kappa shape index (κ3) is 3.37. The van der Waals surface area contributed by atoms with Crippen molar-refractivity contribution in [3.05, 3.63) is 63.9 Å². The molecule has 0 aliphatic heterocycles. The van der Waals surface area contributed by atoms with Crippen LogP contribution < -0.4 is 11.1 Å². The van der Waals surface area contributed by atoms with Crippen LogP contribution in [0.2, 0.25) is 5.02 Å². The summed E-state index contributed by atoms with van der Waals surface area (Å²) in [6, 6.07) is 9.26. The highest BCUT2D eigenvalue weighted by Crippen LogP contribution is 2.22. The Morgan fingerprint density at radius 2 is 2.05 bits per heavy atom. The predicted octanol–water partition coefficient (Wildman–Crippen LogP) is 3.67. The van der Waals surface area contributed by atoms with Crippen molar-refractivity contribution in [1.82, 2.24) is 0 Å². The number of nitrogens with two attached hydrogens (primary N) is 1. The van der Waals surface area contributed by atoms with Gasteiger partial charge in [-0.15, -0.1) is 0 Å². The molecule has 3 nitrogen and oxygen atoms in total. The molecule has 0 bridgehead atoms. The highest BCUT2D eigenvalue weighted by Gasteiger charge is 2.16. The topological polar surface area (TPSA) is 55.1 Å². The molecule has 0 unspecified atom stereocenters. The van der Waals surface area contributed by atoms with Crippen LogP contribution in [0.3, 0.4) is 0 Å². The van der Waals surface area contributed by atoms with Gasteiger partial charge < -0.3 is 11.1 Å². The van der Waals surface area contributed by atoms with Gasteiger partial charge in [0.05, 0.1) is 21.8 Å². The lowest BCUT2D eigenvalue weighted by atomic mass is 10.1. The third-order valence-electron chi connectivity index (χ3n) is 2.88. The molecule has 0 fully saturated rings. The summed E-state index contributed by atoms with van der Waals surface area (Å²) < 4.78 is 13.7. The molecule has 2 aromatic carbocycles. The first-order valence-corrected chi connectivity index (χ1v) is 6.84. The second-order valence-corrected chi connectivity index (χ2v) is 5.31. The van der Waals surface area contributed by atoms with E-state index >= 15 is 0 Å². The van der Waals surface area contributed by atoms with Crippen molar-refractivity contribution in [2.45, 2.75) is 6.92 Å². The van der Waals surface area contributed by atoms with E-state index in [9.17, 15) is 9.18 Å². The van der Waals surface area contributed by atoms with E-state index < -0.39 is 11.7 Å². The lowest BCUT2D eigenvalue weighted by Gasteiger charge is -2.12. The van der Waals surface area contributed by atoms with Crippen LogP contribution in [0.25, 0.3) is 0 Å². The number of hydrogen-bond acceptors (Lipinski definition) is 2. The lowest BCUT2D eigenvalue weighted by molar-refractivity contribution is 0.102. The predicted molar refractivity (Wildman–Crippen MR) is 86.4 cm³/mol. The van der Waals surface area contributed by atoms with Crippen molar-refractivity contribution < 1.29 is 9.18 Å². The van der Waals surface area contributed by atoms with E-state index in [1.807, 2.05) is 6.92 Å². The number of carbonyl (C=O) groups is 1. The van der Waals surface area contributed by atoms with Crippen molar-refractivity contribution in [2.75, 3.05) is 5.32 Å². The zero-order valence-electron chi connectivity index (χ0n) is 11.1. The van der Waals surface area contributed by atoms with Crippen molar-refractivity contribution in [3.8, 4) is 0 Å². The third-order valence-corrected chi connectivity index (χ3v) is 3.39. The molecule has 6 heteroatoms. The Labute approximate surface area is 131 Å². The minimum absolute atomic E-state index is 0.00378. The van der Waals surface area contributed by atoms with E-state index in [0.717, 1.165) is 5.56 Å². The van der Waals surface area contributed by atoms with Crippen LogP contribution in [-0.2, 0) is 0 Å². The van der Waals surface area contributed by atoms with Crippen LogP contribution in [0.15, 0.2) is 36.4 Å². The van der Waals surface area contributed by atoms with E-state index in [1.54, 1.807) is 18.2 Å². The average Bonchev–Trinajstić information content (AvgIpc) is 2.37. The molecule has 108 valence electrons. The average molecular weight is 323 g/mol. The normalized spacial score (nSPS) is 10.2. The SMILES string of the molecule is Cc1ccc(C(=O)Nc2cccc(F)c2C(N)=S)c(Cl)c1. The molecular weight excluding hydrogens is 311 g/mol. The van der Waals surface area contributed by atoms with Crippen LogP contribution >= 0.6 is 23.8 Å². The van der Waals surface area contributed by atoms with Gasteiger partial charge in [-0.1, -0.05) is 36.0 Å². The first kappa shape index (κ1) is 15.4. The van der Waals surface area contributed by atoms with E-state index in [4.69, 9.17) is 29.6 Å². The maximum absolute atomic E-state index is 13.7. The summed E-state index contributed by atoms with van der Waals surface area (Å²) in [5.41, 5.74) is 6.94. The van der Waals surface area contributed by atoms with Gasteiger partial charge in [0.2, 0.25) is 0 Å². The Hall–Kier alpha value is -1.98. The number of thiocarbonyl (C=S) groups is 1. The Bertz CT molecular complexity index is 734. The first-order chi connectivity index (χ1) is 9.90. The molecule has 1 amide bonds. The smallest absolute Gasteiger partial charge is 0.257 e. The van der Waals surface area contributed by atoms with E-state index in [0.29, 0.717) is 10.6 Å². The number of rotatable bonds is 3. The summed E-state index contributed by atoms with van der Waals surface area (Å²) in [4.78, 5) is 12.1. The summed E-state index contributed by atoms with van der Waals surface area (Å²) in [5, 5.41) is 2.90. The molecule has 3 N–H and O–H groups in total. The number of benzene rings is 2. The van der Waals surface area contributed by atoms with Crippen LogP contribution in [0.5, 0.6) is 0 Å². The maximum Gasteiger partial charge on any atom is 0.257 e. The zero-order chi connectivity index (χ0) is 15.6. The second kappa shape index (κ2) is 6.20. The molecule has 21 heavy (non-hydrogen) atoms. The summed E-state index contributed by atoms with van der Waals surface area (Å²) in [7, 11) is 0. The summed E-state index contributed by atoms with van der Waals surface area (Å²) in [5.74, 6) is -1.04. The zero-order valence-corrected chi connectivity index (χ0v) is 12.7. The molecule has 0 saturated carbocycles. The second-order valence-electron chi connectivity index (χ2n) is 4.46. The molecule has 0 radical (unpaired) electrons. The molecular formula is C15H12ClFN2OS. The standard InChI is InChI=1S/C15H12ClFN2OS/c1-8-5-6-9(10(16)7-8)15(20)19-12-4-2-3-11(17)13(12)14(18)21/h2-7H,1H3,(H2,18,21)(H,19,20). The van der Waals surface area contributed by atoms with Gasteiger partial charge in [0, 0.05) is 0 Å². The van der Waals surface area contributed by atoms with Crippen LogP contribution in [0.1, 0.15) is 21.5 Å². The molecule has 0 spiro atoms. The summed E-state index contributed by atoms with van der Waals surface area (Å²) >= 11 is 10.8. The number of anilines is 1. The van der Waals surface area contributed by atoms with E-state index in [-0.39, 0.29) is 16.2 Å². The van der Waals surface area contributed by atoms with E-state index in [1.165, 1.54) is 18.2 Å². The monoisotopic (exact) mass is 322 g/mol. The maximum atomic E-state index is 13.7. The highest BCUT2D eigenvalue weighted by atomic mass is 35.5. The number of hydrogen-bond donors (Lipinski definition) is 2. The van der Waals surface area contributed by atoms with Crippen LogP contribution in [0, 0.1) is 12.7 Å². The van der Waals surface area contributed by atoms with Gasteiger partial charge in [-0.3, -0.25) is 4.79 Å². The first-order valence-electron chi connectivity index (χ1n) is 6.06. The Morgan fingerprint density at radius 3 is 2.67 bits per heavy atom. The number of halogens is 2. The van der Waals surface area contributed by atoms with Gasteiger partial charge in [-0.25, -0.2) is 4.39 Å². The number of aryl methyl sites for hydroxylation is 1. The van der Waals surface area contributed by atoms with Gasteiger partial charge in [-0.05, 0) is 36.8 Å². The molecule has 2 rings (SSSR count). The van der Waals surface area contributed by atoms with E-state index in [2.05, 4.69) is 5.32 Å². The number of carbonyl (C=O) groups excluding carboxylic acids is 1. The Morgan fingerprint density at radius 1 is 1.33 bits per heavy atom. The molecule has 0 aromatic heterocycles. The Balaban J connectivity index is 2.36. The minimum atomic E-state index is -0.588. The Kier molecular flexibility index (Phi) is 4.55. The van der Waals surface area contributed by atoms with Crippen molar-refractivity contribution in [3.63, 3.8) is 0 Å². The molecule has 0 saturated heterocycles. The van der Waals surface area contributed by atoms with Gasteiger partial charge in [0.25, 0.3) is 5.91 Å². The van der Waals surface area contributed by atoms with Gasteiger partial charge in [0.15, 0.2) is 0 Å². The summed E-state index contributed by atoms with van der Waals surface area (Å²) in [6.45, 7) is 1.87. The summed E-state index contributed by atoms with van der Waals surface area (Å²) in [6.07, 6.45) is 0. The largest absolute Gasteiger partial charge is 0.389 e. The van der Waals surface area contributed by atoms with Crippen LogP contribution in [-0.4, -0.2) is 10.9 Å². The van der Waals surface area contributed by atoms with Gasteiger partial charge in [0.1, 0.15) is 10.8 Å². The lowest BCUT2D eigenvalue weighted by Crippen LogP contribution is -2.19. The van der Waals surface area contributed by atoms with Gasteiger partial charge >= 0.3 is 0 Å². The highest BCUT2D eigenvalue weighted by molar-refractivity contribution is 7.80. The number of amides is 1. The molecule has 0 aliphatic carbocycles. The fourth-order valence-electron chi connectivity index (χ4n) is 1.87. The minimum Gasteiger partial charge on any atom is -0.389 e. The number of nitrogens with one attached hydrogen (secondary N) is 1. The van der Waals surface area contributed by atoms with Gasteiger partial charge in [-0.2, -0.15) is 0 Å². The van der Waals surface area contributed by atoms with Crippen molar-refractivity contribution in [2.24, 2.45) is 5.73 Å². The van der Waals surface area contributed by atoms with Crippen molar-refractivity contribution >= 4 is 40.4 Å². The van der Waals surface area contributed by atoms with Crippen molar-refractivity contribution in [1.29, 1.82) is 0 Å². The molecule has 0 heterocycles.